The van der Waals surface area contributed by atoms with Crippen LogP contribution in [-0.4, -0.2) is 15.1 Å². The summed E-state index contributed by atoms with van der Waals surface area (Å²) in [7, 11) is 0. The largest absolute Gasteiger partial charge is 0.334 e. The number of hydrogen-bond donors (Lipinski definition) is 0. The van der Waals surface area contributed by atoms with Gasteiger partial charge >= 0.3 is 0 Å². The fraction of sp³-hybridized carbons (Fsp3) is 0.273. The molecule has 0 spiro atoms. The molecule has 1 aromatic heterocycles. The Morgan fingerprint density at radius 2 is 2.22 bits per heavy atom. The maximum atomic E-state index is 10.6. The molecule has 1 heterocycles. The van der Waals surface area contributed by atoms with Crippen LogP contribution in [0.3, 0.4) is 0 Å². The van der Waals surface area contributed by atoms with Crippen LogP contribution in [-0.2, 0) is 0 Å². The number of hydrogen-bond acceptors (Lipinski definition) is 5. The zero-order valence-corrected chi connectivity index (χ0v) is 10.5. The number of halogens is 1. The summed E-state index contributed by atoms with van der Waals surface area (Å²) in [6, 6.07) is 4.45. The Balaban J connectivity index is 2.41. The molecule has 1 unspecified atom stereocenters. The van der Waals surface area contributed by atoms with Gasteiger partial charge in [0.1, 0.15) is 0 Å². The van der Waals surface area contributed by atoms with Crippen LogP contribution in [0.4, 0.5) is 5.69 Å². The number of benzene rings is 1. The van der Waals surface area contributed by atoms with E-state index >= 15 is 0 Å². The Labute approximate surface area is 108 Å². The average molecular weight is 268 g/mol. The molecule has 2 rings (SSSR count). The maximum Gasteiger partial charge on any atom is 0.269 e. The summed E-state index contributed by atoms with van der Waals surface area (Å²) in [4.78, 5) is 14.3. The van der Waals surface area contributed by atoms with Crippen molar-refractivity contribution in [3.63, 3.8) is 0 Å². The summed E-state index contributed by atoms with van der Waals surface area (Å²) < 4.78 is 5.08. The van der Waals surface area contributed by atoms with Gasteiger partial charge in [-0.2, -0.15) is 4.98 Å². The van der Waals surface area contributed by atoms with Crippen LogP contribution in [0.15, 0.2) is 22.7 Å². The van der Waals surface area contributed by atoms with Crippen molar-refractivity contribution < 1.29 is 9.45 Å². The number of alkyl halides is 1. The minimum atomic E-state index is -0.448. The monoisotopic (exact) mass is 267 g/mol. The first-order valence-electron chi connectivity index (χ1n) is 5.22. The zero-order chi connectivity index (χ0) is 13.3. The van der Waals surface area contributed by atoms with Crippen molar-refractivity contribution in [3.8, 4) is 11.5 Å². The van der Waals surface area contributed by atoms with Gasteiger partial charge in [0.15, 0.2) is 5.82 Å². The molecule has 7 heteroatoms. The second-order valence-electron chi connectivity index (χ2n) is 3.83. The van der Waals surface area contributed by atoms with Gasteiger partial charge in [-0.05, 0) is 25.5 Å². The third kappa shape index (κ3) is 2.33. The highest BCUT2D eigenvalue weighted by molar-refractivity contribution is 6.20. The second kappa shape index (κ2) is 4.73. The standard InChI is InChI=1S/C11H10ClN3O3/c1-6-5-8(15(16)17)3-4-9(6)11-13-10(7(2)12)14-18-11/h3-5,7H,1-2H3. The van der Waals surface area contributed by atoms with Crippen LogP contribution < -0.4 is 0 Å². The summed E-state index contributed by atoms with van der Waals surface area (Å²) in [6.45, 7) is 3.48. The molecule has 0 amide bonds. The second-order valence-corrected chi connectivity index (χ2v) is 4.48. The Bertz CT molecular complexity index is 595. The molecule has 0 aliphatic rings. The van der Waals surface area contributed by atoms with Crippen molar-refractivity contribution in [3.05, 3.63) is 39.7 Å². The van der Waals surface area contributed by atoms with E-state index in [0.717, 1.165) is 0 Å². The van der Waals surface area contributed by atoms with Gasteiger partial charge in [0, 0.05) is 17.7 Å². The highest BCUT2D eigenvalue weighted by atomic mass is 35.5. The van der Waals surface area contributed by atoms with Crippen LogP contribution in [0, 0.1) is 17.0 Å². The van der Waals surface area contributed by atoms with E-state index in [2.05, 4.69) is 10.1 Å². The van der Waals surface area contributed by atoms with E-state index in [0.29, 0.717) is 22.8 Å². The minimum Gasteiger partial charge on any atom is -0.334 e. The number of rotatable bonds is 3. The van der Waals surface area contributed by atoms with E-state index < -0.39 is 4.92 Å². The average Bonchev–Trinajstić information content (AvgIpc) is 2.78. The molecule has 1 aromatic carbocycles. The summed E-state index contributed by atoms with van der Waals surface area (Å²) in [5.41, 5.74) is 1.39. The molecule has 2 aromatic rings. The van der Waals surface area contributed by atoms with Crippen molar-refractivity contribution >= 4 is 17.3 Å². The predicted molar refractivity (Wildman–Crippen MR) is 65.4 cm³/mol. The molecule has 0 N–H and O–H groups in total. The van der Waals surface area contributed by atoms with Gasteiger partial charge in [-0.25, -0.2) is 0 Å². The maximum absolute atomic E-state index is 10.6. The van der Waals surface area contributed by atoms with E-state index in [1.54, 1.807) is 19.9 Å². The first-order chi connectivity index (χ1) is 8.49. The molecule has 0 fully saturated rings. The number of nitro benzene ring substituents is 1. The highest BCUT2D eigenvalue weighted by Gasteiger charge is 2.16. The summed E-state index contributed by atoms with van der Waals surface area (Å²) in [5.74, 6) is 0.703. The number of nitro groups is 1. The topological polar surface area (TPSA) is 82.1 Å². The van der Waals surface area contributed by atoms with E-state index in [1.807, 2.05) is 0 Å². The zero-order valence-electron chi connectivity index (χ0n) is 9.75. The Hall–Kier alpha value is -1.95. The highest BCUT2D eigenvalue weighted by Crippen LogP contribution is 2.27. The van der Waals surface area contributed by atoms with Crippen molar-refractivity contribution in [1.82, 2.24) is 10.1 Å². The lowest BCUT2D eigenvalue weighted by atomic mass is 10.1. The number of nitrogens with zero attached hydrogens (tertiary/aromatic N) is 3. The van der Waals surface area contributed by atoms with Crippen LogP contribution in [0.5, 0.6) is 0 Å². The minimum absolute atomic E-state index is 0.0294. The quantitative estimate of drug-likeness (QED) is 0.484. The third-order valence-electron chi connectivity index (χ3n) is 2.45. The molecular weight excluding hydrogens is 258 g/mol. The number of aryl methyl sites for hydroxylation is 1. The molecule has 0 aliphatic heterocycles. The third-order valence-corrected chi connectivity index (χ3v) is 2.64. The van der Waals surface area contributed by atoms with E-state index in [-0.39, 0.29) is 11.1 Å². The molecule has 0 aliphatic carbocycles. The first-order valence-corrected chi connectivity index (χ1v) is 5.65. The van der Waals surface area contributed by atoms with E-state index in [1.165, 1.54) is 12.1 Å². The SMILES string of the molecule is Cc1cc([N+](=O)[O-])ccc1-c1nc(C(C)Cl)no1. The Morgan fingerprint density at radius 1 is 1.50 bits per heavy atom. The predicted octanol–water partition coefficient (Wildman–Crippen LogP) is 3.25. The molecule has 0 radical (unpaired) electrons. The summed E-state index contributed by atoms with van der Waals surface area (Å²) in [5, 5.41) is 14.0. The number of aromatic nitrogens is 2. The molecule has 0 saturated carbocycles. The van der Waals surface area contributed by atoms with Gasteiger partial charge in [-0.1, -0.05) is 5.16 Å². The van der Waals surface area contributed by atoms with Crippen LogP contribution in [0.25, 0.3) is 11.5 Å². The summed E-state index contributed by atoms with van der Waals surface area (Å²) >= 11 is 5.84. The Kier molecular flexibility index (Phi) is 3.29. The van der Waals surface area contributed by atoms with Crippen molar-refractivity contribution in [2.75, 3.05) is 0 Å². The molecule has 6 nitrogen and oxygen atoms in total. The smallest absolute Gasteiger partial charge is 0.269 e. The molecule has 1 atom stereocenters. The molecule has 0 saturated heterocycles. The Morgan fingerprint density at radius 3 is 2.72 bits per heavy atom. The van der Waals surface area contributed by atoms with Crippen LogP contribution in [0.1, 0.15) is 23.7 Å². The lowest BCUT2D eigenvalue weighted by Gasteiger charge is -1.99. The fourth-order valence-corrected chi connectivity index (χ4v) is 1.60. The van der Waals surface area contributed by atoms with Crippen LogP contribution >= 0.6 is 11.6 Å². The molecular formula is C11H10ClN3O3. The molecule has 94 valence electrons. The van der Waals surface area contributed by atoms with Crippen molar-refractivity contribution in [2.24, 2.45) is 0 Å². The lowest BCUT2D eigenvalue weighted by molar-refractivity contribution is -0.384. The molecule has 18 heavy (non-hydrogen) atoms. The summed E-state index contributed by atoms with van der Waals surface area (Å²) in [6.07, 6.45) is 0. The van der Waals surface area contributed by atoms with E-state index in [9.17, 15) is 10.1 Å². The van der Waals surface area contributed by atoms with Gasteiger partial charge < -0.3 is 4.52 Å². The lowest BCUT2D eigenvalue weighted by Crippen LogP contribution is -1.91. The normalized spacial score (nSPS) is 12.4. The van der Waals surface area contributed by atoms with Crippen molar-refractivity contribution in [2.45, 2.75) is 19.2 Å². The van der Waals surface area contributed by atoms with Gasteiger partial charge in [-0.3, -0.25) is 10.1 Å². The van der Waals surface area contributed by atoms with Gasteiger partial charge in [0.25, 0.3) is 11.6 Å². The van der Waals surface area contributed by atoms with Gasteiger partial charge in [0.2, 0.25) is 0 Å². The van der Waals surface area contributed by atoms with Gasteiger partial charge in [-0.15, -0.1) is 11.6 Å². The van der Waals surface area contributed by atoms with Crippen LogP contribution in [0.2, 0.25) is 0 Å². The number of non-ortho nitro benzene ring substituents is 1. The van der Waals surface area contributed by atoms with E-state index in [4.69, 9.17) is 16.1 Å². The van der Waals surface area contributed by atoms with Gasteiger partial charge in [0.05, 0.1) is 10.3 Å². The first kappa shape index (κ1) is 12.5. The molecule has 0 bridgehead atoms. The van der Waals surface area contributed by atoms with Crippen molar-refractivity contribution in [1.29, 1.82) is 0 Å². The fourth-order valence-electron chi connectivity index (χ4n) is 1.51.